The zero-order valence-electron chi connectivity index (χ0n) is 16.6. The molecule has 1 aliphatic rings. The molecule has 1 aliphatic heterocycles. The van der Waals surface area contributed by atoms with E-state index in [-0.39, 0.29) is 5.91 Å². The molecule has 3 aromatic carbocycles. The molecular weight excluding hydrogens is 414 g/mol. The van der Waals surface area contributed by atoms with Gasteiger partial charge in [-0.1, -0.05) is 48.0 Å². The predicted octanol–water partition coefficient (Wildman–Crippen LogP) is 6.54. The molecule has 0 radical (unpaired) electrons. The van der Waals surface area contributed by atoms with Gasteiger partial charge in [0.25, 0.3) is 5.91 Å². The number of benzene rings is 3. The van der Waals surface area contributed by atoms with Crippen LogP contribution in [0.1, 0.15) is 11.1 Å². The highest BCUT2D eigenvalue weighted by Gasteiger charge is 2.31. The van der Waals surface area contributed by atoms with E-state index >= 15 is 0 Å². The highest BCUT2D eigenvalue weighted by atomic mass is 35.5. The summed E-state index contributed by atoms with van der Waals surface area (Å²) in [7, 11) is 1.64. The number of hydrogen-bond acceptors (Lipinski definition) is 3. The summed E-state index contributed by atoms with van der Waals surface area (Å²) in [6.07, 6.45) is 5.85. The predicted molar refractivity (Wildman–Crippen MR) is 126 cm³/mol. The molecule has 5 heteroatoms. The fraction of sp³-hybridized carbons (Fsp3) is 0.0800. The van der Waals surface area contributed by atoms with Crippen LogP contribution in [0.15, 0.2) is 89.3 Å². The number of methoxy groups -OCH3 is 1. The maximum Gasteiger partial charge on any atom is 0.262 e. The minimum Gasteiger partial charge on any atom is -0.497 e. The van der Waals surface area contributed by atoms with Gasteiger partial charge in [0, 0.05) is 15.5 Å². The van der Waals surface area contributed by atoms with E-state index in [1.807, 2.05) is 91.2 Å². The van der Waals surface area contributed by atoms with Gasteiger partial charge in [0.05, 0.1) is 18.5 Å². The Balaban J connectivity index is 1.82. The second kappa shape index (κ2) is 8.82. The molecule has 0 N–H and O–H groups in total. The first-order valence-corrected chi connectivity index (χ1v) is 11.0. The maximum atomic E-state index is 13.5. The summed E-state index contributed by atoms with van der Waals surface area (Å²) in [5.74, 6) is 0.722. The molecule has 30 heavy (non-hydrogen) atoms. The van der Waals surface area contributed by atoms with Crippen molar-refractivity contribution in [2.75, 3.05) is 18.3 Å². The van der Waals surface area contributed by atoms with Crippen molar-refractivity contribution in [3.05, 3.63) is 101 Å². The Morgan fingerprint density at radius 2 is 1.67 bits per heavy atom. The van der Waals surface area contributed by atoms with Crippen LogP contribution in [0.4, 0.5) is 5.69 Å². The van der Waals surface area contributed by atoms with Crippen molar-refractivity contribution in [2.24, 2.45) is 0 Å². The molecule has 0 bridgehead atoms. The number of para-hydroxylation sites is 1. The molecule has 1 amide bonds. The van der Waals surface area contributed by atoms with E-state index < -0.39 is 0 Å². The number of hydrogen-bond donors (Lipinski definition) is 0. The van der Waals surface area contributed by atoms with Crippen molar-refractivity contribution < 1.29 is 9.53 Å². The second-order valence-corrected chi connectivity index (χ2v) is 8.01. The van der Waals surface area contributed by atoms with Crippen LogP contribution in [0.3, 0.4) is 0 Å². The molecule has 3 aromatic rings. The van der Waals surface area contributed by atoms with Gasteiger partial charge in [-0.25, -0.2) is 0 Å². The third-order valence-electron chi connectivity index (χ3n) is 4.89. The SMILES string of the molecule is COc1ccc(/C=C2/C=C(c3ccc(Cl)cc3)N(c3ccccc3SC)C2=O)cc1. The molecule has 1 heterocycles. The lowest BCUT2D eigenvalue weighted by Gasteiger charge is -2.23. The van der Waals surface area contributed by atoms with Gasteiger partial charge in [0.1, 0.15) is 5.75 Å². The minimum atomic E-state index is -0.0581. The summed E-state index contributed by atoms with van der Waals surface area (Å²) >= 11 is 7.70. The number of rotatable bonds is 5. The first-order valence-electron chi connectivity index (χ1n) is 9.41. The van der Waals surface area contributed by atoms with E-state index in [2.05, 4.69) is 0 Å². The fourth-order valence-corrected chi connectivity index (χ4v) is 4.09. The first-order chi connectivity index (χ1) is 14.6. The Morgan fingerprint density at radius 1 is 0.967 bits per heavy atom. The molecule has 3 nitrogen and oxygen atoms in total. The van der Waals surface area contributed by atoms with E-state index in [9.17, 15) is 4.79 Å². The summed E-state index contributed by atoms with van der Waals surface area (Å²) < 4.78 is 5.22. The standard InChI is InChI=1S/C25H20ClNO2S/c1-29-21-13-7-17(8-14-21)15-19-16-23(18-9-11-20(26)12-10-18)27(25(19)28)22-5-3-4-6-24(22)30-2/h3-16H,1-2H3/b19-15-. The van der Waals surface area contributed by atoms with E-state index in [4.69, 9.17) is 16.3 Å². The molecule has 0 aromatic heterocycles. The van der Waals surface area contributed by atoms with Crippen molar-refractivity contribution in [2.45, 2.75) is 4.90 Å². The van der Waals surface area contributed by atoms with Gasteiger partial charge in [-0.3, -0.25) is 9.69 Å². The van der Waals surface area contributed by atoms with Crippen LogP contribution in [-0.4, -0.2) is 19.3 Å². The number of anilines is 1. The number of halogens is 1. The number of carbonyl (C=O) groups excluding carboxylic acids is 1. The largest absolute Gasteiger partial charge is 0.497 e. The van der Waals surface area contributed by atoms with Crippen molar-refractivity contribution in [1.82, 2.24) is 0 Å². The van der Waals surface area contributed by atoms with Gasteiger partial charge in [-0.05, 0) is 65.9 Å². The van der Waals surface area contributed by atoms with Crippen LogP contribution in [0.25, 0.3) is 11.8 Å². The first kappa shape index (κ1) is 20.3. The summed E-state index contributed by atoms with van der Waals surface area (Å²) in [6, 6.07) is 23.1. The summed E-state index contributed by atoms with van der Waals surface area (Å²) in [6.45, 7) is 0. The molecule has 0 saturated heterocycles. The van der Waals surface area contributed by atoms with E-state index in [0.717, 1.165) is 33.2 Å². The zero-order valence-corrected chi connectivity index (χ0v) is 18.2. The Morgan fingerprint density at radius 3 is 2.33 bits per heavy atom. The molecular formula is C25H20ClNO2S. The van der Waals surface area contributed by atoms with Gasteiger partial charge in [0.15, 0.2) is 0 Å². The quantitative estimate of drug-likeness (QED) is 0.338. The molecule has 0 saturated carbocycles. The third kappa shape index (κ3) is 4.02. The average Bonchev–Trinajstić information content (AvgIpc) is 3.10. The number of ether oxygens (including phenoxy) is 1. The lowest BCUT2D eigenvalue weighted by Crippen LogP contribution is -2.25. The maximum absolute atomic E-state index is 13.5. The molecule has 0 fully saturated rings. The summed E-state index contributed by atoms with van der Waals surface area (Å²) in [5, 5.41) is 0.661. The summed E-state index contributed by atoms with van der Waals surface area (Å²) in [4.78, 5) is 16.3. The lowest BCUT2D eigenvalue weighted by atomic mass is 10.1. The van der Waals surface area contributed by atoms with E-state index in [0.29, 0.717) is 10.6 Å². The molecule has 0 atom stereocenters. The van der Waals surface area contributed by atoms with E-state index in [1.165, 1.54) is 0 Å². The fourth-order valence-electron chi connectivity index (χ4n) is 3.38. The highest BCUT2D eigenvalue weighted by molar-refractivity contribution is 7.98. The number of nitrogens with zero attached hydrogens (tertiary/aromatic N) is 1. The van der Waals surface area contributed by atoms with Crippen LogP contribution < -0.4 is 9.64 Å². The van der Waals surface area contributed by atoms with Crippen molar-refractivity contribution in [3.8, 4) is 5.75 Å². The van der Waals surface area contributed by atoms with Gasteiger partial charge in [-0.15, -0.1) is 11.8 Å². The topological polar surface area (TPSA) is 29.5 Å². The van der Waals surface area contributed by atoms with Crippen LogP contribution in [-0.2, 0) is 4.79 Å². The van der Waals surface area contributed by atoms with Gasteiger partial charge in [-0.2, -0.15) is 0 Å². The average molecular weight is 434 g/mol. The monoisotopic (exact) mass is 433 g/mol. The van der Waals surface area contributed by atoms with Crippen LogP contribution in [0.5, 0.6) is 5.75 Å². The molecule has 4 rings (SSSR count). The zero-order chi connectivity index (χ0) is 21.1. The second-order valence-electron chi connectivity index (χ2n) is 6.72. The smallest absolute Gasteiger partial charge is 0.262 e. The van der Waals surface area contributed by atoms with Gasteiger partial charge < -0.3 is 4.74 Å². The summed E-state index contributed by atoms with van der Waals surface area (Å²) in [5.41, 5.74) is 4.20. The van der Waals surface area contributed by atoms with Crippen LogP contribution in [0.2, 0.25) is 5.02 Å². The normalized spacial score (nSPS) is 14.9. The number of amides is 1. The lowest BCUT2D eigenvalue weighted by molar-refractivity contribution is -0.113. The van der Waals surface area contributed by atoms with E-state index in [1.54, 1.807) is 23.8 Å². The van der Waals surface area contributed by atoms with Gasteiger partial charge in [0.2, 0.25) is 0 Å². The molecule has 0 unspecified atom stereocenters. The third-order valence-corrected chi connectivity index (χ3v) is 5.92. The Hall–Kier alpha value is -2.95. The molecule has 0 spiro atoms. The van der Waals surface area contributed by atoms with Crippen molar-refractivity contribution in [1.29, 1.82) is 0 Å². The Labute approximate surface area is 185 Å². The minimum absolute atomic E-state index is 0.0581. The highest BCUT2D eigenvalue weighted by Crippen LogP contribution is 2.39. The molecule has 0 aliphatic carbocycles. The van der Waals surface area contributed by atoms with Crippen LogP contribution >= 0.6 is 23.4 Å². The Kier molecular flexibility index (Phi) is 5.98. The van der Waals surface area contributed by atoms with Crippen molar-refractivity contribution >= 4 is 46.7 Å². The Bertz CT molecular complexity index is 1130. The number of thioether (sulfide) groups is 1. The van der Waals surface area contributed by atoms with Crippen molar-refractivity contribution in [3.63, 3.8) is 0 Å². The molecule has 150 valence electrons. The number of carbonyl (C=O) groups is 1. The van der Waals surface area contributed by atoms with Crippen LogP contribution in [0, 0.1) is 0 Å². The van der Waals surface area contributed by atoms with Gasteiger partial charge >= 0.3 is 0 Å².